The lowest BCUT2D eigenvalue weighted by molar-refractivity contribution is -0.137. The maximum absolute atomic E-state index is 13.8. The molecule has 1 rings (SSSR count). The van der Waals surface area contributed by atoms with Crippen LogP contribution in [0.15, 0.2) is 24.3 Å². The van der Waals surface area contributed by atoms with Gasteiger partial charge in [0.1, 0.15) is 11.7 Å². The lowest BCUT2D eigenvalue weighted by Gasteiger charge is -2.30. The highest BCUT2D eigenvalue weighted by molar-refractivity contribution is 7.37. The monoisotopic (exact) mass is 370 g/mol. The van der Waals surface area contributed by atoms with Crippen molar-refractivity contribution >= 4 is 8.58 Å². The molecular weight excluding hydrogens is 334 g/mol. The van der Waals surface area contributed by atoms with Crippen LogP contribution in [0.1, 0.15) is 78.2 Å². The molecule has 0 fully saturated rings. The van der Waals surface area contributed by atoms with E-state index in [9.17, 15) is 4.39 Å². The molecule has 0 aromatic heterocycles. The Labute approximate surface area is 155 Å². The first kappa shape index (κ1) is 22.4. The van der Waals surface area contributed by atoms with Gasteiger partial charge in [-0.1, -0.05) is 68.2 Å². The van der Waals surface area contributed by atoms with Crippen LogP contribution in [0.2, 0.25) is 0 Å². The van der Waals surface area contributed by atoms with Gasteiger partial charge in [0.2, 0.25) is 6.29 Å². The van der Waals surface area contributed by atoms with Gasteiger partial charge in [-0.25, -0.2) is 4.39 Å². The van der Waals surface area contributed by atoms with E-state index in [1.807, 2.05) is 30.9 Å². The summed E-state index contributed by atoms with van der Waals surface area (Å²) in [5.74, 6) is -0.135. The van der Waals surface area contributed by atoms with Gasteiger partial charge in [0.05, 0.1) is 6.10 Å². The summed E-state index contributed by atoms with van der Waals surface area (Å²) in [6, 6.07) is 7.35. The van der Waals surface area contributed by atoms with Crippen LogP contribution in [0.5, 0.6) is 5.75 Å². The quantitative estimate of drug-likeness (QED) is 0.306. The number of rotatable bonds is 11. The van der Waals surface area contributed by atoms with Crippen LogP contribution < -0.4 is 4.74 Å². The molecule has 1 aromatic rings. The number of hydrogen-bond acceptors (Lipinski definition) is 2. The van der Waals surface area contributed by atoms with Crippen molar-refractivity contribution in [1.82, 2.24) is 0 Å². The van der Waals surface area contributed by atoms with E-state index in [0.29, 0.717) is 0 Å². The Bertz CT molecular complexity index is 470. The predicted octanol–water partition coefficient (Wildman–Crippen LogP) is 7.09. The minimum Gasteiger partial charge on any atom is -0.465 e. The minimum absolute atomic E-state index is 0.112. The Balaban J connectivity index is 2.78. The summed E-state index contributed by atoms with van der Waals surface area (Å²) in [7, 11) is 0.258. The average molecular weight is 370 g/mol. The molecule has 0 amide bonds. The smallest absolute Gasteiger partial charge is 0.200 e. The van der Waals surface area contributed by atoms with Gasteiger partial charge < -0.3 is 9.47 Å². The van der Waals surface area contributed by atoms with E-state index >= 15 is 0 Å². The van der Waals surface area contributed by atoms with Crippen molar-refractivity contribution in [3.63, 3.8) is 0 Å². The van der Waals surface area contributed by atoms with Gasteiger partial charge in [-0.2, -0.15) is 0 Å². The zero-order valence-corrected chi connectivity index (χ0v) is 17.8. The standard InChI is InChI=1S/C21H36FO2P/c1-7-9-10-17(8-2)23-19(15-21(3,4)5)24-18-13-11-16(12-14-18)20(22)25-6/h11-14,17,19-20,25H,7-10,15H2,1-6H3. The van der Waals surface area contributed by atoms with Crippen LogP contribution in [0.25, 0.3) is 0 Å². The fourth-order valence-corrected chi connectivity index (χ4v) is 3.19. The molecule has 4 heteroatoms. The molecule has 0 aliphatic heterocycles. The molecule has 0 heterocycles. The number of unbranched alkanes of at least 4 members (excludes halogenated alkanes) is 1. The lowest BCUT2D eigenvalue weighted by Crippen LogP contribution is -2.31. The van der Waals surface area contributed by atoms with Gasteiger partial charge in [-0.15, -0.1) is 0 Å². The Morgan fingerprint density at radius 3 is 2.24 bits per heavy atom. The zero-order valence-electron chi connectivity index (χ0n) is 16.8. The highest BCUT2D eigenvalue weighted by atomic mass is 31.1. The van der Waals surface area contributed by atoms with Gasteiger partial charge in [-0.3, -0.25) is 0 Å². The molecule has 0 saturated heterocycles. The molecule has 0 N–H and O–H groups in total. The van der Waals surface area contributed by atoms with E-state index in [1.54, 1.807) is 0 Å². The van der Waals surface area contributed by atoms with E-state index in [4.69, 9.17) is 9.47 Å². The molecule has 0 aliphatic rings. The third-order valence-electron chi connectivity index (χ3n) is 4.15. The van der Waals surface area contributed by atoms with Crippen molar-refractivity contribution < 1.29 is 13.9 Å². The average Bonchev–Trinajstić information content (AvgIpc) is 2.57. The largest absolute Gasteiger partial charge is 0.465 e. The molecule has 0 spiro atoms. The molecule has 2 nitrogen and oxygen atoms in total. The van der Waals surface area contributed by atoms with E-state index in [-0.39, 0.29) is 26.4 Å². The fourth-order valence-electron chi connectivity index (χ4n) is 2.67. The third-order valence-corrected chi connectivity index (χ3v) is 4.99. The molecular formula is C21H36FO2P. The molecule has 0 saturated carbocycles. The van der Waals surface area contributed by atoms with Gasteiger partial charge in [-0.05, 0) is 42.6 Å². The first-order valence-electron chi connectivity index (χ1n) is 9.52. The van der Waals surface area contributed by atoms with Crippen LogP contribution in [-0.4, -0.2) is 19.1 Å². The normalized spacial score (nSPS) is 16.1. The van der Waals surface area contributed by atoms with Crippen LogP contribution in [0, 0.1) is 5.41 Å². The Morgan fingerprint density at radius 2 is 1.76 bits per heavy atom. The number of benzene rings is 1. The van der Waals surface area contributed by atoms with E-state index in [2.05, 4.69) is 34.6 Å². The summed E-state index contributed by atoms with van der Waals surface area (Å²) in [6.45, 7) is 12.8. The fraction of sp³-hybridized carbons (Fsp3) is 0.714. The van der Waals surface area contributed by atoms with Crippen molar-refractivity contribution in [3.8, 4) is 5.75 Å². The summed E-state index contributed by atoms with van der Waals surface area (Å²) < 4.78 is 26.2. The van der Waals surface area contributed by atoms with Crippen LogP contribution in [0.4, 0.5) is 4.39 Å². The number of alkyl halides is 1. The van der Waals surface area contributed by atoms with Gasteiger partial charge >= 0.3 is 0 Å². The molecule has 0 radical (unpaired) electrons. The maximum atomic E-state index is 13.8. The van der Waals surface area contributed by atoms with Crippen LogP contribution >= 0.6 is 8.58 Å². The van der Waals surface area contributed by atoms with Crippen molar-refractivity contribution in [1.29, 1.82) is 0 Å². The highest BCUT2D eigenvalue weighted by Gasteiger charge is 2.24. The number of ether oxygens (including phenoxy) is 2. The number of hydrogen-bond donors (Lipinski definition) is 0. The van der Waals surface area contributed by atoms with Crippen molar-refractivity contribution in [2.75, 3.05) is 6.66 Å². The third kappa shape index (κ3) is 9.01. The zero-order chi connectivity index (χ0) is 18.9. The topological polar surface area (TPSA) is 18.5 Å². The summed E-state index contributed by atoms with van der Waals surface area (Å²) in [5.41, 5.74) is 0.831. The first-order chi connectivity index (χ1) is 11.8. The molecule has 4 unspecified atom stereocenters. The van der Waals surface area contributed by atoms with Gasteiger partial charge in [0.15, 0.2) is 0 Å². The second kappa shape index (κ2) is 11.1. The molecule has 0 bridgehead atoms. The second-order valence-electron chi connectivity index (χ2n) is 7.84. The summed E-state index contributed by atoms with van der Waals surface area (Å²) in [6.07, 6.45) is 5.17. The molecule has 4 atom stereocenters. The van der Waals surface area contributed by atoms with Crippen molar-refractivity contribution in [3.05, 3.63) is 29.8 Å². The van der Waals surface area contributed by atoms with E-state index < -0.39 is 5.91 Å². The highest BCUT2D eigenvalue weighted by Crippen LogP contribution is 2.34. The minimum atomic E-state index is -0.880. The van der Waals surface area contributed by atoms with E-state index in [1.165, 1.54) is 12.8 Å². The number of halogens is 1. The van der Waals surface area contributed by atoms with Crippen molar-refractivity contribution in [2.45, 2.75) is 85.0 Å². The summed E-state index contributed by atoms with van der Waals surface area (Å²) in [5, 5.41) is 0. The SMILES string of the molecule is CCCCC(CC)OC(CC(C)(C)C)Oc1ccc(C(F)PC)cc1. The Kier molecular flexibility index (Phi) is 9.97. The van der Waals surface area contributed by atoms with Crippen molar-refractivity contribution in [2.24, 2.45) is 5.41 Å². The molecule has 0 aliphatic carbocycles. The second-order valence-corrected chi connectivity index (χ2v) is 8.93. The summed E-state index contributed by atoms with van der Waals surface area (Å²) >= 11 is 0. The van der Waals surface area contributed by atoms with E-state index in [0.717, 1.165) is 30.6 Å². The lowest BCUT2D eigenvalue weighted by atomic mass is 9.92. The Hall–Kier alpha value is -0.660. The predicted molar refractivity (Wildman–Crippen MR) is 108 cm³/mol. The summed E-state index contributed by atoms with van der Waals surface area (Å²) in [4.78, 5) is 0. The van der Waals surface area contributed by atoms with Gasteiger partial charge in [0.25, 0.3) is 0 Å². The Morgan fingerprint density at radius 1 is 1.12 bits per heavy atom. The first-order valence-corrected chi connectivity index (χ1v) is 11.1. The maximum Gasteiger partial charge on any atom is 0.200 e. The molecule has 144 valence electrons. The van der Waals surface area contributed by atoms with Crippen LogP contribution in [-0.2, 0) is 4.74 Å². The molecule has 25 heavy (non-hydrogen) atoms. The van der Waals surface area contributed by atoms with Gasteiger partial charge in [0, 0.05) is 6.42 Å². The molecule has 1 aromatic carbocycles. The van der Waals surface area contributed by atoms with Crippen LogP contribution in [0.3, 0.4) is 0 Å².